The minimum Gasteiger partial charge on any atom is -0.435 e. The van der Waals surface area contributed by atoms with Crippen LogP contribution < -0.4 is 30.7 Å². The smallest absolute Gasteiger partial charge is 0.387 e. The minimum absolute atomic E-state index is 0.0517. The zero-order valence-corrected chi connectivity index (χ0v) is 17.0. The molecule has 0 aliphatic carbocycles. The Morgan fingerprint density at radius 3 is 1.30 bits per heavy atom. The molecule has 6 nitrogen and oxygen atoms in total. The average molecular weight is 462 g/mol. The maximum absolute atomic E-state index is 12.1. The van der Waals surface area contributed by atoms with E-state index in [1.165, 1.54) is 24.3 Å². The van der Waals surface area contributed by atoms with Gasteiger partial charge in [-0.05, 0) is 73.0 Å². The molecule has 0 bridgehead atoms. The summed E-state index contributed by atoms with van der Waals surface area (Å²) in [7, 11) is 0. The number of anilines is 2. The Labute approximate surface area is 180 Å². The molecule has 0 spiro atoms. The van der Waals surface area contributed by atoms with Gasteiger partial charge in [-0.3, -0.25) is 0 Å². The van der Waals surface area contributed by atoms with Gasteiger partial charge < -0.3 is 30.7 Å². The molecule has 2 aromatic rings. The van der Waals surface area contributed by atoms with Gasteiger partial charge in [0, 0.05) is 24.5 Å². The van der Waals surface area contributed by atoms with Crippen molar-refractivity contribution >= 4 is 46.0 Å². The number of thiocarbonyl (C=S) groups is 2. The molecule has 0 fully saturated rings. The van der Waals surface area contributed by atoms with Gasteiger partial charge in [-0.15, -0.1) is 0 Å². The summed E-state index contributed by atoms with van der Waals surface area (Å²) >= 11 is 10.3. The van der Waals surface area contributed by atoms with E-state index >= 15 is 0 Å². The topological polar surface area (TPSA) is 66.6 Å². The summed E-state index contributed by atoms with van der Waals surface area (Å²) in [5, 5.41) is 12.4. The van der Waals surface area contributed by atoms with E-state index in [9.17, 15) is 17.6 Å². The summed E-state index contributed by atoms with van der Waals surface area (Å²) in [4.78, 5) is 0. The Kier molecular flexibility index (Phi) is 9.35. The molecule has 30 heavy (non-hydrogen) atoms. The van der Waals surface area contributed by atoms with Crippen LogP contribution in [0.2, 0.25) is 0 Å². The second-order valence-corrected chi connectivity index (χ2v) is 6.38. The number of benzene rings is 2. The minimum atomic E-state index is -2.88. The van der Waals surface area contributed by atoms with Gasteiger partial charge in [0.05, 0.1) is 0 Å². The van der Waals surface area contributed by atoms with Crippen LogP contribution in [0.4, 0.5) is 28.9 Å². The summed E-state index contributed by atoms with van der Waals surface area (Å²) in [5.74, 6) is 0.103. The summed E-state index contributed by atoms with van der Waals surface area (Å²) < 4.78 is 57.0. The molecule has 0 heterocycles. The molecule has 4 N–H and O–H groups in total. The van der Waals surface area contributed by atoms with Crippen molar-refractivity contribution in [2.24, 2.45) is 0 Å². The van der Waals surface area contributed by atoms with Crippen LogP contribution in [0.25, 0.3) is 0 Å². The van der Waals surface area contributed by atoms with Crippen molar-refractivity contribution in [3.8, 4) is 11.5 Å². The molecule has 0 radical (unpaired) electrons. The molecule has 2 rings (SSSR count). The lowest BCUT2D eigenvalue weighted by molar-refractivity contribution is -0.0505. The highest BCUT2D eigenvalue weighted by molar-refractivity contribution is 7.80. The fourth-order valence-electron chi connectivity index (χ4n) is 2.14. The standard InChI is InChI=1S/C18H18F4N4O2S2/c19-15(20)27-13-5-1-11(2-6-13)25-17(29)23-9-10-24-18(30)26-12-3-7-14(8-4-12)28-16(21)22/h1-8,15-16H,9-10H2,(H2,23,25,29)(H2,24,26,30). The summed E-state index contributed by atoms with van der Waals surface area (Å²) in [6.45, 7) is -4.86. The second-order valence-electron chi connectivity index (χ2n) is 5.57. The van der Waals surface area contributed by atoms with E-state index in [2.05, 4.69) is 30.7 Å². The van der Waals surface area contributed by atoms with Crippen LogP contribution >= 0.6 is 24.4 Å². The van der Waals surface area contributed by atoms with E-state index in [4.69, 9.17) is 24.4 Å². The number of ether oxygens (including phenoxy) is 2. The SMILES string of the molecule is FC(F)Oc1ccc(NC(=S)NCCNC(=S)Nc2ccc(OC(F)F)cc2)cc1. The molecule has 2 aromatic carbocycles. The summed E-state index contributed by atoms with van der Waals surface area (Å²) in [6.07, 6.45) is 0. The van der Waals surface area contributed by atoms with Gasteiger partial charge >= 0.3 is 13.2 Å². The maximum atomic E-state index is 12.1. The van der Waals surface area contributed by atoms with Crippen LogP contribution in [0.1, 0.15) is 0 Å². The predicted molar refractivity (Wildman–Crippen MR) is 115 cm³/mol. The van der Waals surface area contributed by atoms with E-state index in [-0.39, 0.29) is 11.5 Å². The van der Waals surface area contributed by atoms with Crippen LogP contribution in [0, 0.1) is 0 Å². The van der Waals surface area contributed by atoms with E-state index in [1.54, 1.807) is 24.3 Å². The molecule has 0 amide bonds. The summed E-state index contributed by atoms with van der Waals surface area (Å²) in [5.41, 5.74) is 1.22. The highest BCUT2D eigenvalue weighted by atomic mass is 32.1. The van der Waals surface area contributed by atoms with Crippen molar-refractivity contribution in [1.82, 2.24) is 10.6 Å². The van der Waals surface area contributed by atoms with Gasteiger partial charge in [-0.25, -0.2) is 0 Å². The normalized spacial score (nSPS) is 10.5. The fraction of sp³-hybridized carbons (Fsp3) is 0.222. The lowest BCUT2D eigenvalue weighted by Crippen LogP contribution is -2.38. The van der Waals surface area contributed by atoms with Gasteiger partial charge in [-0.1, -0.05) is 0 Å². The van der Waals surface area contributed by atoms with Gasteiger partial charge in [0.15, 0.2) is 10.2 Å². The first-order valence-corrected chi connectivity index (χ1v) is 9.33. The molecule has 12 heteroatoms. The van der Waals surface area contributed by atoms with Gasteiger partial charge in [-0.2, -0.15) is 17.6 Å². The Bertz CT molecular complexity index is 754. The highest BCUT2D eigenvalue weighted by Crippen LogP contribution is 2.18. The first-order chi connectivity index (χ1) is 14.3. The molecule has 0 saturated carbocycles. The van der Waals surface area contributed by atoms with Crippen molar-refractivity contribution in [2.45, 2.75) is 13.2 Å². The van der Waals surface area contributed by atoms with Crippen LogP contribution in [0.3, 0.4) is 0 Å². The van der Waals surface area contributed by atoms with Crippen molar-refractivity contribution < 1.29 is 27.0 Å². The van der Waals surface area contributed by atoms with Crippen LogP contribution in [0.15, 0.2) is 48.5 Å². The molecule has 0 unspecified atom stereocenters. The van der Waals surface area contributed by atoms with Crippen molar-refractivity contribution in [1.29, 1.82) is 0 Å². The number of rotatable bonds is 9. The quantitative estimate of drug-likeness (QED) is 0.252. The first kappa shape index (κ1) is 23.4. The lowest BCUT2D eigenvalue weighted by atomic mass is 10.3. The predicted octanol–water partition coefficient (Wildman–Crippen LogP) is 4.16. The molecular weight excluding hydrogens is 444 g/mol. The molecular formula is C18H18F4N4O2S2. The molecule has 0 aliphatic rings. The second kappa shape index (κ2) is 12.0. The van der Waals surface area contributed by atoms with E-state index in [1.807, 2.05) is 0 Å². The third kappa shape index (κ3) is 9.09. The highest BCUT2D eigenvalue weighted by Gasteiger charge is 2.05. The lowest BCUT2D eigenvalue weighted by Gasteiger charge is -2.13. The number of alkyl halides is 4. The largest absolute Gasteiger partial charge is 0.435 e. The molecule has 162 valence electrons. The van der Waals surface area contributed by atoms with Gasteiger partial charge in [0.25, 0.3) is 0 Å². The molecule has 0 saturated heterocycles. The number of nitrogens with one attached hydrogen (secondary N) is 4. The van der Waals surface area contributed by atoms with Gasteiger partial charge in [0.2, 0.25) is 0 Å². The van der Waals surface area contributed by atoms with Crippen molar-refractivity contribution in [3.05, 3.63) is 48.5 Å². The maximum Gasteiger partial charge on any atom is 0.387 e. The van der Waals surface area contributed by atoms with Crippen molar-refractivity contribution in [2.75, 3.05) is 23.7 Å². The zero-order chi connectivity index (χ0) is 21.9. The molecule has 0 aromatic heterocycles. The average Bonchev–Trinajstić information content (AvgIpc) is 2.67. The Hall–Kier alpha value is -2.86. The van der Waals surface area contributed by atoms with Crippen LogP contribution in [-0.4, -0.2) is 36.5 Å². The molecule has 0 aliphatic heterocycles. The van der Waals surface area contributed by atoms with Crippen LogP contribution in [0.5, 0.6) is 11.5 Å². The monoisotopic (exact) mass is 462 g/mol. The third-order valence-corrected chi connectivity index (χ3v) is 3.86. The fourth-order valence-corrected chi connectivity index (χ4v) is 2.58. The first-order valence-electron chi connectivity index (χ1n) is 8.51. The van der Waals surface area contributed by atoms with Crippen LogP contribution in [-0.2, 0) is 0 Å². The number of halogens is 4. The number of hydrogen-bond donors (Lipinski definition) is 4. The van der Waals surface area contributed by atoms with E-state index in [0.29, 0.717) is 34.7 Å². The molecule has 0 atom stereocenters. The third-order valence-electron chi connectivity index (χ3n) is 3.37. The van der Waals surface area contributed by atoms with Gasteiger partial charge in [0.1, 0.15) is 11.5 Å². The zero-order valence-electron chi connectivity index (χ0n) is 15.3. The Balaban J connectivity index is 1.64. The Morgan fingerprint density at radius 1 is 0.667 bits per heavy atom. The van der Waals surface area contributed by atoms with E-state index < -0.39 is 13.2 Å². The summed E-state index contributed by atoms with van der Waals surface area (Å²) in [6, 6.07) is 11.8. The Morgan fingerprint density at radius 2 is 1.00 bits per heavy atom. The van der Waals surface area contributed by atoms with Crippen molar-refractivity contribution in [3.63, 3.8) is 0 Å². The van der Waals surface area contributed by atoms with E-state index in [0.717, 1.165) is 0 Å². The number of hydrogen-bond acceptors (Lipinski definition) is 4.